The zero-order valence-electron chi connectivity index (χ0n) is 10.6. The lowest BCUT2D eigenvalue weighted by Crippen LogP contribution is -2.18. The Bertz CT molecular complexity index is 379. The number of ketones is 1. The van der Waals surface area contributed by atoms with Crippen molar-refractivity contribution >= 4 is 5.78 Å². The maximum absolute atomic E-state index is 11.9. The van der Waals surface area contributed by atoms with E-state index >= 15 is 0 Å². The predicted molar refractivity (Wildman–Crippen MR) is 67.1 cm³/mol. The molecule has 98 valence electrons. The first-order valence-electron chi connectivity index (χ1n) is 6.25. The van der Waals surface area contributed by atoms with Gasteiger partial charge in [0.25, 0.3) is 0 Å². The molecule has 0 aromatic heterocycles. The monoisotopic (exact) mass is 250 g/mol. The minimum Gasteiger partial charge on any atom is -0.494 e. The molecule has 0 aliphatic carbocycles. The van der Waals surface area contributed by atoms with Crippen LogP contribution in [0, 0.1) is 0 Å². The Kier molecular flexibility index (Phi) is 4.73. The molecule has 1 aromatic rings. The number of rotatable bonds is 6. The highest BCUT2D eigenvalue weighted by atomic mass is 16.5. The SMILES string of the molecule is CCOc1ccc(C(=O)COC2CCOC2)cc1. The van der Waals surface area contributed by atoms with Crippen molar-refractivity contribution in [1.29, 1.82) is 0 Å². The molecule has 4 heteroatoms. The summed E-state index contributed by atoms with van der Waals surface area (Å²) in [5.41, 5.74) is 0.650. The predicted octanol–water partition coefficient (Wildman–Crippen LogP) is 2.07. The van der Waals surface area contributed by atoms with Crippen LogP contribution in [0.4, 0.5) is 0 Å². The summed E-state index contributed by atoms with van der Waals surface area (Å²) in [5, 5.41) is 0. The zero-order chi connectivity index (χ0) is 12.8. The average Bonchev–Trinajstić information content (AvgIpc) is 2.90. The van der Waals surface area contributed by atoms with E-state index in [0.29, 0.717) is 18.8 Å². The van der Waals surface area contributed by atoms with E-state index in [9.17, 15) is 4.79 Å². The fraction of sp³-hybridized carbons (Fsp3) is 0.500. The summed E-state index contributed by atoms with van der Waals surface area (Å²) in [6.45, 7) is 3.98. The Morgan fingerprint density at radius 1 is 1.39 bits per heavy atom. The molecule has 0 saturated carbocycles. The van der Waals surface area contributed by atoms with Gasteiger partial charge in [-0.25, -0.2) is 0 Å². The minimum atomic E-state index is -0.00931. The third-order valence-electron chi connectivity index (χ3n) is 2.83. The molecule has 1 atom stereocenters. The number of hydrogen-bond acceptors (Lipinski definition) is 4. The van der Waals surface area contributed by atoms with Gasteiger partial charge in [-0.3, -0.25) is 4.79 Å². The topological polar surface area (TPSA) is 44.8 Å². The zero-order valence-corrected chi connectivity index (χ0v) is 10.6. The summed E-state index contributed by atoms with van der Waals surface area (Å²) in [6.07, 6.45) is 0.938. The second-order valence-electron chi connectivity index (χ2n) is 4.18. The standard InChI is InChI=1S/C14H18O4/c1-2-17-12-5-3-11(4-6-12)14(15)10-18-13-7-8-16-9-13/h3-6,13H,2,7-10H2,1H3. The van der Waals surface area contributed by atoms with Crippen molar-refractivity contribution in [1.82, 2.24) is 0 Å². The molecule has 0 N–H and O–H groups in total. The second kappa shape index (κ2) is 6.52. The largest absolute Gasteiger partial charge is 0.494 e. The Hall–Kier alpha value is -1.39. The Labute approximate surface area is 107 Å². The molecule has 0 spiro atoms. The van der Waals surface area contributed by atoms with Crippen molar-refractivity contribution in [2.75, 3.05) is 26.4 Å². The number of carbonyl (C=O) groups is 1. The Morgan fingerprint density at radius 3 is 2.78 bits per heavy atom. The van der Waals surface area contributed by atoms with Crippen molar-refractivity contribution in [3.05, 3.63) is 29.8 Å². The smallest absolute Gasteiger partial charge is 0.188 e. The van der Waals surface area contributed by atoms with Crippen LogP contribution < -0.4 is 4.74 Å². The van der Waals surface area contributed by atoms with Gasteiger partial charge in [0.1, 0.15) is 12.4 Å². The summed E-state index contributed by atoms with van der Waals surface area (Å²) in [4.78, 5) is 11.9. The first-order valence-corrected chi connectivity index (χ1v) is 6.25. The molecule has 1 heterocycles. The summed E-state index contributed by atoms with van der Waals surface area (Å²) >= 11 is 0. The molecule has 1 aromatic carbocycles. The van der Waals surface area contributed by atoms with Crippen molar-refractivity contribution in [2.24, 2.45) is 0 Å². The molecule has 18 heavy (non-hydrogen) atoms. The van der Waals surface area contributed by atoms with Crippen molar-refractivity contribution in [3.8, 4) is 5.75 Å². The highest BCUT2D eigenvalue weighted by molar-refractivity contribution is 5.97. The summed E-state index contributed by atoms with van der Waals surface area (Å²) in [6, 6.07) is 7.13. The first kappa shape index (κ1) is 13.1. The maximum Gasteiger partial charge on any atom is 0.188 e. The van der Waals surface area contributed by atoms with E-state index in [4.69, 9.17) is 14.2 Å². The van der Waals surface area contributed by atoms with Gasteiger partial charge in [-0.2, -0.15) is 0 Å². The van der Waals surface area contributed by atoms with Gasteiger partial charge in [0.2, 0.25) is 0 Å². The van der Waals surface area contributed by atoms with Crippen LogP contribution in [0.1, 0.15) is 23.7 Å². The van der Waals surface area contributed by atoms with Crippen LogP contribution in [-0.2, 0) is 9.47 Å². The minimum absolute atomic E-state index is 0.00931. The molecule has 4 nitrogen and oxygen atoms in total. The average molecular weight is 250 g/mol. The van der Waals surface area contributed by atoms with E-state index in [1.165, 1.54) is 0 Å². The first-order chi connectivity index (χ1) is 8.79. The molecule has 0 bridgehead atoms. The third-order valence-corrected chi connectivity index (χ3v) is 2.83. The normalized spacial score (nSPS) is 18.8. The Balaban J connectivity index is 1.83. The fourth-order valence-corrected chi connectivity index (χ4v) is 1.82. The van der Waals surface area contributed by atoms with Crippen molar-refractivity contribution in [3.63, 3.8) is 0 Å². The summed E-state index contributed by atoms with van der Waals surface area (Å²) < 4.78 is 16.0. The molecule has 1 saturated heterocycles. The van der Waals surface area contributed by atoms with Gasteiger partial charge in [-0.1, -0.05) is 0 Å². The maximum atomic E-state index is 11.9. The Morgan fingerprint density at radius 2 is 2.17 bits per heavy atom. The van der Waals surface area contributed by atoms with E-state index in [2.05, 4.69) is 0 Å². The van der Waals surface area contributed by atoms with Crippen molar-refractivity contribution in [2.45, 2.75) is 19.4 Å². The third kappa shape index (κ3) is 3.55. The van der Waals surface area contributed by atoms with Gasteiger partial charge in [0, 0.05) is 12.2 Å². The van der Waals surface area contributed by atoms with Crippen LogP contribution in [0.15, 0.2) is 24.3 Å². The van der Waals surface area contributed by atoms with Crippen LogP contribution in [0.2, 0.25) is 0 Å². The molecule has 0 amide bonds. The molecule has 1 aliphatic rings. The number of hydrogen-bond donors (Lipinski definition) is 0. The van der Waals surface area contributed by atoms with E-state index < -0.39 is 0 Å². The highest BCUT2D eigenvalue weighted by Crippen LogP contribution is 2.13. The quantitative estimate of drug-likeness (QED) is 0.725. The lowest BCUT2D eigenvalue weighted by Gasteiger charge is -2.09. The van der Waals surface area contributed by atoms with Crippen molar-refractivity contribution < 1.29 is 19.0 Å². The van der Waals surface area contributed by atoms with E-state index in [1.807, 2.05) is 6.92 Å². The fourth-order valence-electron chi connectivity index (χ4n) is 1.82. The molecular formula is C14H18O4. The van der Waals surface area contributed by atoms with Crippen LogP contribution in [0.25, 0.3) is 0 Å². The van der Waals surface area contributed by atoms with E-state index in [-0.39, 0.29) is 18.5 Å². The summed E-state index contributed by atoms with van der Waals surface area (Å²) in [7, 11) is 0. The van der Waals surface area contributed by atoms with Crippen LogP contribution in [0.3, 0.4) is 0 Å². The highest BCUT2D eigenvalue weighted by Gasteiger charge is 2.17. The lowest BCUT2D eigenvalue weighted by molar-refractivity contribution is 0.0390. The molecule has 0 radical (unpaired) electrons. The van der Waals surface area contributed by atoms with Crippen LogP contribution >= 0.6 is 0 Å². The van der Waals surface area contributed by atoms with Crippen LogP contribution in [0.5, 0.6) is 5.75 Å². The van der Waals surface area contributed by atoms with Gasteiger partial charge < -0.3 is 14.2 Å². The number of ether oxygens (including phenoxy) is 3. The molecule has 1 fully saturated rings. The van der Waals surface area contributed by atoms with E-state index in [0.717, 1.165) is 18.8 Å². The van der Waals surface area contributed by atoms with Crippen LogP contribution in [-0.4, -0.2) is 38.3 Å². The van der Waals surface area contributed by atoms with Gasteiger partial charge in [0.05, 0.1) is 19.3 Å². The van der Waals surface area contributed by atoms with Gasteiger partial charge in [-0.05, 0) is 37.6 Å². The molecular weight excluding hydrogens is 232 g/mol. The number of benzene rings is 1. The van der Waals surface area contributed by atoms with Gasteiger partial charge >= 0.3 is 0 Å². The molecule has 1 unspecified atom stereocenters. The van der Waals surface area contributed by atoms with Gasteiger partial charge in [0.15, 0.2) is 5.78 Å². The van der Waals surface area contributed by atoms with E-state index in [1.54, 1.807) is 24.3 Å². The van der Waals surface area contributed by atoms with Gasteiger partial charge in [-0.15, -0.1) is 0 Å². The molecule has 1 aliphatic heterocycles. The summed E-state index contributed by atoms with van der Waals surface area (Å²) in [5.74, 6) is 0.768. The number of Topliss-reactive ketones (excluding diaryl/α,β-unsaturated/α-hetero) is 1. The lowest BCUT2D eigenvalue weighted by atomic mass is 10.1. The second-order valence-corrected chi connectivity index (χ2v) is 4.18. The molecule has 2 rings (SSSR count). The number of carbonyl (C=O) groups excluding carboxylic acids is 1.